The predicted molar refractivity (Wildman–Crippen MR) is 163 cm³/mol. The Balaban J connectivity index is 1.46. The van der Waals surface area contributed by atoms with Crippen LogP contribution in [-0.2, 0) is 30.9 Å². The van der Waals surface area contributed by atoms with E-state index in [1.54, 1.807) is 25.1 Å². The first-order chi connectivity index (χ1) is 21.1. The number of hydrogen-bond acceptors (Lipinski definition) is 10. The molecule has 0 aromatic heterocycles. The number of benzene rings is 2. The second-order valence-electron chi connectivity index (χ2n) is 11.1. The number of aromatic hydroxyl groups is 1. The number of carbonyl (C=O) groups is 3. The first kappa shape index (κ1) is 32.9. The molecule has 2 atom stereocenters. The van der Waals surface area contributed by atoms with Crippen molar-refractivity contribution in [3.63, 3.8) is 0 Å². The second kappa shape index (κ2) is 15.1. The number of Topliss-reactive ketones (excluding diaryl/α,β-unsaturated/α-hetero) is 1. The van der Waals surface area contributed by atoms with Crippen molar-refractivity contribution in [2.45, 2.75) is 56.5 Å². The summed E-state index contributed by atoms with van der Waals surface area (Å²) in [6.07, 6.45) is 0.617. The molecular weight excluding hydrogens is 588 g/mol. The van der Waals surface area contributed by atoms with Gasteiger partial charge in [-0.1, -0.05) is 17.7 Å². The molecule has 234 valence electrons. The predicted octanol–water partition coefficient (Wildman–Crippen LogP) is 2.95. The number of aliphatic hydroxyl groups is 1. The first-order valence-electron chi connectivity index (χ1n) is 14.6. The Morgan fingerprint density at radius 1 is 1.20 bits per heavy atom. The fourth-order valence-electron chi connectivity index (χ4n) is 5.46. The molecular formula is C32H37ClN4O7. The Hall–Kier alpha value is -3.98. The number of nitriles is 1. The van der Waals surface area contributed by atoms with Crippen LogP contribution in [0.15, 0.2) is 41.4 Å². The average Bonchev–Trinajstić information content (AvgIpc) is 3.00. The Kier molecular flexibility index (Phi) is 11.3. The van der Waals surface area contributed by atoms with Gasteiger partial charge < -0.3 is 30.3 Å². The quantitative estimate of drug-likeness (QED) is 0.259. The molecule has 44 heavy (non-hydrogen) atoms. The van der Waals surface area contributed by atoms with Gasteiger partial charge in [0.25, 0.3) is 5.91 Å². The van der Waals surface area contributed by atoms with E-state index in [0.29, 0.717) is 66.6 Å². The topological polar surface area (TPSA) is 170 Å². The van der Waals surface area contributed by atoms with Crippen LogP contribution in [0.25, 0.3) is 0 Å². The minimum absolute atomic E-state index is 0.0792. The van der Waals surface area contributed by atoms with Crippen LogP contribution in [0.2, 0.25) is 5.02 Å². The zero-order chi connectivity index (χ0) is 31.7. The summed E-state index contributed by atoms with van der Waals surface area (Å²) >= 11 is 6.49. The van der Waals surface area contributed by atoms with E-state index < -0.39 is 29.3 Å². The number of carbonyl (C=O) groups excluding carboxylic acids is 3. The number of halogens is 1. The highest BCUT2D eigenvalue weighted by Crippen LogP contribution is 2.38. The largest absolute Gasteiger partial charge is 0.508 e. The molecule has 1 unspecified atom stereocenters. The van der Waals surface area contributed by atoms with E-state index in [4.69, 9.17) is 21.1 Å². The first-order valence-corrected chi connectivity index (χ1v) is 15.0. The lowest BCUT2D eigenvalue weighted by Gasteiger charge is -2.32. The van der Waals surface area contributed by atoms with Crippen molar-refractivity contribution in [1.82, 2.24) is 10.6 Å². The van der Waals surface area contributed by atoms with Crippen LogP contribution in [0.1, 0.15) is 65.6 Å². The van der Waals surface area contributed by atoms with Crippen LogP contribution in [-0.4, -0.2) is 79.3 Å². The third kappa shape index (κ3) is 8.78. The van der Waals surface area contributed by atoms with Crippen molar-refractivity contribution in [2.24, 2.45) is 4.99 Å². The number of amides is 1. The molecule has 1 saturated heterocycles. The molecule has 1 fully saturated rings. The lowest BCUT2D eigenvalue weighted by atomic mass is 9.74. The minimum atomic E-state index is -0.786. The van der Waals surface area contributed by atoms with Crippen molar-refractivity contribution in [3.05, 3.63) is 63.7 Å². The molecule has 1 amide bonds. The third-order valence-electron chi connectivity index (χ3n) is 7.79. The van der Waals surface area contributed by atoms with E-state index in [1.807, 2.05) is 6.07 Å². The van der Waals surface area contributed by atoms with Gasteiger partial charge in [-0.05, 0) is 66.8 Å². The molecule has 11 nitrogen and oxygen atoms in total. The maximum atomic E-state index is 13.2. The van der Waals surface area contributed by atoms with Gasteiger partial charge in [0.2, 0.25) is 0 Å². The summed E-state index contributed by atoms with van der Waals surface area (Å²) in [4.78, 5) is 42.9. The lowest BCUT2D eigenvalue weighted by Crippen LogP contribution is -2.39. The molecule has 0 saturated carbocycles. The molecule has 0 spiro atoms. The number of rotatable bonds is 12. The molecule has 12 heteroatoms. The highest BCUT2D eigenvalue weighted by atomic mass is 35.5. The van der Waals surface area contributed by atoms with E-state index in [1.165, 1.54) is 12.1 Å². The average molecular weight is 625 g/mol. The summed E-state index contributed by atoms with van der Waals surface area (Å²) in [6.45, 7) is 3.11. The fraction of sp³-hybridized carbons (Fsp3) is 0.469. The van der Waals surface area contributed by atoms with E-state index in [0.717, 1.165) is 0 Å². The molecule has 2 aliphatic heterocycles. The van der Waals surface area contributed by atoms with Gasteiger partial charge in [0.1, 0.15) is 11.6 Å². The number of amidine groups is 1. The normalized spacial score (nSPS) is 18.2. The number of ketones is 1. The van der Waals surface area contributed by atoms with E-state index in [9.17, 15) is 29.9 Å². The second-order valence-corrected chi connectivity index (χ2v) is 11.5. The van der Waals surface area contributed by atoms with Gasteiger partial charge in [0.05, 0.1) is 43.7 Å². The zero-order valence-electron chi connectivity index (χ0n) is 24.6. The van der Waals surface area contributed by atoms with Gasteiger partial charge >= 0.3 is 5.97 Å². The summed E-state index contributed by atoms with van der Waals surface area (Å²) in [5.74, 6) is -1.42. The third-order valence-corrected chi connectivity index (χ3v) is 8.01. The minimum Gasteiger partial charge on any atom is -0.508 e. The molecule has 0 aliphatic carbocycles. The Bertz CT molecular complexity index is 1450. The van der Waals surface area contributed by atoms with Gasteiger partial charge in [0.15, 0.2) is 5.78 Å². The number of β-amino-alcohol motifs (C(OH)–C–C–N with tert-alkyl or cyclic N) is 1. The number of esters is 1. The smallest absolute Gasteiger partial charge is 0.306 e. The van der Waals surface area contributed by atoms with Gasteiger partial charge in [0, 0.05) is 49.1 Å². The van der Waals surface area contributed by atoms with Crippen LogP contribution in [0.5, 0.6) is 5.75 Å². The lowest BCUT2D eigenvalue weighted by molar-refractivity contribution is -0.143. The SMILES string of the molecule is CCOC(=O)C[C@H](CC(=O)CNC(=O)c1cc(O)cc(CC2=NCC(O)CN2)c1)c1cc(Cl)cc(C2(C#N)CCOCC2)c1. The van der Waals surface area contributed by atoms with Crippen molar-refractivity contribution >= 4 is 35.1 Å². The summed E-state index contributed by atoms with van der Waals surface area (Å²) in [5, 5.41) is 35.9. The van der Waals surface area contributed by atoms with Gasteiger partial charge in [-0.15, -0.1) is 0 Å². The highest BCUT2D eigenvalue weighted by Gasteiger charge is 2.36. The van der Waals surface area contributed by atoms with E-state index in [-0.39, 0.29) is 49.6 Å². The van der Waals surface area contributed by atoms with Crippen molar-refractivity contribution < 1.29 is 34.1 Å². The summed E-state index contributed by atoms with van der Waals surface area (Å²) in [7, 11) is 0. The number of aliphatic hydroxyl groups excluding tert-OH is 1. The molecule has 0 bridgehead atoms. The summed E-state index contributed by atoms with van der Waals surface area (Å²) < 4.78 is 10.6. The van der Waals surface area contributed by atoms with Crippen LogP contribution in [0.3, 0.4) is 0 Å². The monoisotopic (exact) mass is 624 g/mol. The van der Waals surface area contributed by atoms with Gasteiger partial charge in [-0.3, -0.25) is 19.4 Å². The number of nitrogens with zero attached hydrogens (tertiary/aromatic N) is 2. The van der Waals surface area contributed by atoms with Gasteiger partial charge in [-0.25, -0.2) is 0 Å². The Labute approximate surface area is 261 Å². The molecule has 2 aromatic rings. The Morgan fingerprint density at radius 3 is 2.66 bits per heavy atom. The number of hydrogen-bond donors (Lipinski definition) is 4. The number of phenolic OH excluding ortho intramolecular Hbond substituents is 1. The van der Waals surface area contributed by atoms with Crippen LogP contribution in [0.4, 0.5) is 0 Å². The molecule has 2 aliphatic rings. The van der Waals surface area contributed by atoms with Gasteiger partial charge in [-0.2, -0.15) is 5.26 Å². The zero-order valence-corrected chi connectivity index (χ0v) is 25.4. The number of ether oxygens (including phenoxy) is 2. The molecule has 0 radical (unpaired) electrons. The molecule has 2 aromatic carbocycles. The standard InChI is InChI=1S/C32H37ClN4O7/c1-2-44-30(41)14-22(21-10-24(15-25(33)11-21)32(19-34)3-5-43-6-4-32)12-27(39)16-37-31(42)23-7-20(8-26(38)13-23)9-29-35-17-28(40)18-36-29/h7-8,10-11,13,15,22,28,38,40H,2-6,9,12,14,16-18H2,1H3,(H,35,36)(H,37,42)/t22-/m0/s1. The highest BCUT2D eigenvalue weighted by molar-refractivity contribution is 6.30. The van der Waals surface area contributed by atoms with E-state index in [2.05, 4.69) is 21.7 Å². The van der Waals surface area contributed by atoms with E-state index >= 15 is 0 Å². The number of phenols is 1. The molecule has 4 N–H and O–H groups in total. The van der Waals surface area contributed by atoms with Crippen LogP contribution >= 0.6 is 11.6 Å². The van der Waals surface area contributed by atoms with Crippen molar-refractivity contribution in [3.8, 4) is 11.8 Å². The van der Waals surface area contributed by atoms with Crippen LogP contribution in [0, 0.1) is 11.3 Å². The summed E-state index contributed by atoms with van der Waals surface area (Å²) in [5.41, 5.74) is 1.36. The summed E-state index contributed by atoms with van der Waals surface area (Å²) in [6, 6.07) is 12.1. The fourth-order valence-corrected chi connectivity index (χ4v) is 5.70. The van der Waals surface area contributed by atoms with Crippen LogP contribution < -0.4 is 10.6 Å². The Morgan fingerprint density at radius 2 is 1.98 bits per heavy atom. The number of aliphatic imine (C=N–C) groups is 1. The molecule has 4 rings (SSSR count). The maximum Gasteiger partial charge on any atom is 0.306 e. The molecule has 2 heterocycles. The van der Waals surface area contributed by atoms with Crippen molar-refractivity contribution in [2.75, 3.05) is 39.5 Å². The maximum absolute atomic E-state index is 13.2. The van der Waals surface area contributed by atoms with Crippen molar-refractivity contribution in [1.29, 1.82) is 5.26 Å². The number of nitrogens with one attached hydrogen (secondary N) is 2.